The molecule has 3 heterocycles. The number of rotatable bonds is 6. The summed E-state index contributed by atoms with van der Waals surface area (Å²) in [5.74, 6) is 0.871. The molecule has 2 aliphatic heterocycles. The third kappa shape index (κ3) is 6.82. The van der Waals surface area contributed by atoms with Gasteiger partial charge in [-0.2, -0.15) is 5.26 Å². The second-order valence-electron chi connectivity index (χ2n) is 9.45. The van der Waals surface area contributed by atoms with Crippen molar-refractivity contribution >= 4 is 40.7 Å². The topological polar surface area (TPSA) is 82.8 Å². The second kappa shape index (κ2) is 12.7. The predicted molar refractivity (Wildman–Crippen MR) is 148 cm³/mol. The van der Waals surface area contributed by atoms with E-state index in [0.29, 0.717) is 45.9 Å². The molecule has 2 fully saturated rings. The Bertz CT molecular complexity index is 1150. The largest absolute Gasteiger partial charge is 0.353 e. The number of piperazine rings is 1. The fraction of sp³-hybridized carbons (Fsp3) is 0.500. The molecular formula is C26H33Cl2FN8. The van der Waals surface area contributed by atoms with E-state index in [2.05, 4.69) is 42.2 Å². The molecule has 0 radical (unpaired) electrons. The van der Waals surface area contributed by atoms with Crippen LogP contribution in [0.25, 0.3) is 0 Å². The molecule has 0 unspecified atom stereocenters. The van der Waals surface area contributed by atoms with E-state index in [0.717, 1.165) is 57.8 Å². The number of nitriles is 1. The highest BCUT2D eigenvalue weighted by Crippen LogP contribution is 2.31. The van der Waals surface area contributed by atoms with Crippen LogP contribution in [0.1, 0.15) is 31.7 Å². The summed E-state index contributed by atoms with van der Waals surface area (Å²) in [4.78, 5) is 15.8. The number of aromatic nitrogens is 1. The lowest BCUT2D eigenvalue weighted by Gasteiger charge is -2.47. The Kier molecular flexibility index (Phi) is 9.43. The normalized spacial score (nSPS) is 20.1. The van der Waals surface area contributed by atoms with Crippen LogP contribution in [0.5, 0.6) is 0 Å². The maximum Gasteiger partial charge on any atom is 0.208 e. The van der Waals surface area contributed by atoms with E-state index in [4.69, 9.17) is 28.5 Å². The van der Waals surface area contributed by atoms with Crippen molar-refractivity contribution in [1.82, 2.24) is 20.1 Å². The maximum absolute atomic E-state index is 14.2. The van der Waals surface area contributed by atoms with E-state index in [9.17, 15) is 4.39 Å². The molecule has 2 aliphatic rings. The molecule has 1 aromatic heterocycles. The van der Waals surface area contributed by atoms with Gasteiger partial charge in [-0.1, -0.05) is 36.2 Å². The summed E-state index contributed by atoms with van der Waals surface area (Å²) < 4.78 is 14.2. The lowest BCUT2D eigenvalue weighted by atomic mass is 9.97. The quantitative estimate of drug-likeness (QED) is 0.238. The van der Waals surface area contributed by atoms with Gasteiger partial charge < -0.3 is 10.2 Å². The van der Waals surface area contributed by atoms with E-state index in [1.54, 1.807) is 31.4 Å². The highest BCUT2D eigenvalue weighted by Gasteiger charge is 2.34. The molecular weight excluding hydrogens is 514 g/mol. The number of aliphatic imine (C=N–C) groups is 1. The van der Waals surface area contributed by atoms with Crippen molar-refractivity contribution in [3.05, 3.63) is 51.9 Å². The van der Waals surface area contributed by atoms with Crippen molar-refractivity contribution < 1.29 is 4.39 Å². The van der Waals surface area contributed by atoms with Gasteiger partial charge in [0.15, 0.2) is 6.19 Å². The molecule has 1 aromatic carbocycles. The van der Waals surface area contributed by atoms with Crippen LogP contribution in [0.15, 0.2) is 35.5 Å². The number of guanidine groups is 1. The number of benzene rings is 1. The minimum Gasteiger partial charge on any atom is -0.353 e. The zero-order valence-electron chi connectivity index (χ0n) is 21.2. The first-order valence-corrected chi connectivity index (χ1v) is 13.4. The second-order valence-corrected chi connectivity index (χ2v) is 10.3. The number of piperidine rings is 1. The monoisotopic (exact) mass is 546 g/mol. The first-order chi connectivity index (χ1) is 17.9. The number of pyridine rings is 1. The van der Waals surface area contributed by atoms with Crippen LogP contribution >= 0.6 is 23.2 Å². The molecule has 2 saturated heterocycles. The minimum atomic E-state index is -0.231. The third-order valence-electron chi connectivity index (χ3n) is 7.22. The predicted octanol–water partition coefficient (Wildman–Crippen LogP) is 4.56. The third-order valence-corrected chi connectivity index (χ3v) is 7.73. The number of hydrogen-bond donors (Lipinski definition) is 2. The molecule has 1 atom stereocenters. The number of hydrogen-bond acceptors (Lipinski definition) is 6. The Morgan fingerprint density at radius 2 is 2.00 bits per heavy atom. The smallest absolute Gasteiger partial charge is 0.208 e. The van der Waals surface area contributed by atoms with Gasteiger partial charge in [-0.3, -0.25) is 20.1 Å². The fourth-order valence-corrected chi connectivity index (χ4v) is 5.72. The summed E-state index contributed by atoms with van der Waals surface area (Å²) in [7, 11) is 1.59. The number of halogens is 3. The molecule has 0 amide bonds. The van der Waals surface area contributed by atoms with E-state index in [1.165, 1.54) is 6.07 Å². The van der Waals surface area contributed by atoms with E-state index < -0.39 is 0 Å². The van der Waals surface area contributed by atoms with Gasteiger partial charge in [0.2, 0.25) is 5.96 Å². The summed E-state index contributed by atoms with van der Waals surface area (Å²) in [6.07, 6.45) is 6.74. The van der Waals surface area contributed by atoms with Crippen LogP contribution in [0.2, 0.25) is 10.0 Å². The van der Waals surface area contributed by atoms with E-state index >= 15 is 0 Å². The lowest BCUT2D eigenvalue weighted by molar-refractivity contribution is 0.0607. The summed E-state index contributed by atoms with van der Waals surface area (Å²) in [6.45, 7) is 7.42. The number of nitrogens with zero attached hydrogens (tertiary/aromatic N) is 6. The molecule has 0 spiro atoms. The molecule has 0 aliphatic carbocycles. The average molecular weight is 548 g/mol. The van der Waals surface area contributed by atoms with Crippen LogP contribution in [0.4, 0.5) is 15.9 Å². The SMILES string of the molecule is CC[C@H]1CN(c2ncc(NC(=NC)NC#N)cc2Cl)CCN1C1CCN(Cc2ccc(Cl)cc2F)CC1. The molecule has 0 saturated carbocycles. The van der Waals surface area contributed by atoms with Gasteiger partial charge in [0.05, 0.1) is 16.9 Å². The van der Waals surface area contributed by atoms with Crippen molar-refractivity contribution in [3.8, 4) is 6.19 Å². The molecule has 11 heteroatoms. The highest BCUT2D eigenvalue weighted by atomic mass is 35.5. The van der Waals surface area contributed by atoms with Gasteiger partial charge >= 0.3 is 0 Å². The van der Waals surface area contributed by atoms with Crippen LogP contribution in [0, 0.1) is 17.3 Å². The summed E-state index contributed by atoms with van der Waals surface area (Å²) in [5.41, 5.74) is 1.36. The summed E-state index contributed by atoms with van der Waals surface area (Å²) in [6, 6.07) is 7.67. The first kappa shape index (κ1) is 27.4. The Hall–Kier alpha value is -2.64. The molecule has 2 aromatic rings. The van der Waals surface area contributed by atoms with Gasteiger partial charge in [0, 0.05) is 55.9 Å². The number of likely N-dealkylation sites (tertiary alicyclic amines) is 1. The van der Waals surface area contributed by atoms with Crippen LogP contribution in [0.3, 0.4) is 0 Å². The van der Waals surface area contributed by atoms with E-state index in [1.807, 2.05) is 6.19 Å². The maximum atomic E-state index is 14.2. The molecule has 198 valence electrons. The standard InChI is InChI=1S/C26H33Cl2FN8/c1-3-21-16-36(25-23(28)13-20(14-32-25)34-26(31-2)33-17-30)10-11-37(21)22-6-8-35(9-7-22)15-18-4-5-19(27)12-24(18)29/h4-5,12-14,21-22H,3,6-11,15-16H2,1-2H3,(H2,31,33,34)/t21-/m0/s1. The van der Waals surface area contributed by atoms with Gasteiger partial charge in [-0.25, -0.2) is 9.37 Å². The Labute approximate surface area is 228 Å². The Morgan fingerprint density at radius 1 is 1.22 bits per heavy atom. The molecule has 0 bridgehead atoms. The van der Waals surface area contributed by atoms with Gasteiger partial charge in [-0.05, 0) is 50.6 Å². The average Bonchev–Trinajstić information content (AvgIpc) is 2.90. The van der Waals surface area contributed by atoms with Crippen molar-refractivity contribution in [2.45, 2.75) is 44.8 Å². The van der Waals surface area contributed by atoms with Gasteiger partial charge in [0.25, 0.3) is 0 Å². The summed E-state index contributed by atoms with van der Waals surface area (Å²) >= 11 is 12.5. The van der Waals surface area contributed by atoms with Gasteiger partial charge in [-0.15, -0.1) is 0 Å². The van der Waals surface area contributed by atoms with Gasteiger partial charge in [0.1, 0.15) is 11.6 Å². The van der Waals surface area contributed by atoms with Crippen molar-refractivity contribution in [2.24, 2.45) is 4.99 Å². The minimum absolute atomic E-state index is 0.231. The van der Waals surface area contributed by atoms with Crippen LogP contribution in [-0.2, 0) is 6.54 Å². The summed E-state index contributed by atoms with van der Waals surface area (Å²) in [5, 5.41) is 15.3. The fourth-order valence-electron chi connectivity index (χ4n) is 5.27. The lowest BCUT2D eigenvalue weighted by Crippen LogP contribution is -2.58. The number of anilines is 2. The molecule has 2 N–H and O–H groups in total. The van der Waals surface area contributed by atoms with Crippen LogP contribution in [-0.4, -0.2) is 72.6 Å². The highest BCUT2D eigenvalue weighted by molar-refractivity contribution is 6.33. The van der Waals surface area contributed by atoms with E-state index in [-0.39, 0.29) is 5.82 Å². The number of nitrogens with one attached hydrogen (secondary N) is 2. The van der Waals surface area contributed by atoms with Crippen molar-refractivity contribution in [2.75, 3.05) is 50.0 Å². The Balaban J connectivity index is 1.33. The Morgan fingerprint density at radius 3 is 2.65 bits per heavy atom. The molecule has 4 rings (SSSR count). The zero-order valence-corrected chi connectivity index (χ0v) is 22.7. The zero-order chi connectivity index (χ0) is 26.4. The van der Waals surface area contributed by atoms with Crippen molar-refractivity contribution in [1.29, 1.82) is 5.26 Å². The van der Waals surface area contributed by atoms with Crippen LogP contribution < -0.4 is 15.5 Å². The first-order valence-electron chi connectivity index (χ1n) is 12.6. The van der Waals surface area contributed by atoms with Crippen molar-refractivity contribution in [3.63, 3.8) is 0 Å². The molecule has 8 nitrogen and oxygen atoms in total. The molecule has 37 heavy (non-hydrogen) atoms.